The Morgan fingerprint density at radius 1 is 1.04 bits per heavy atom. The number of ether oxygens (including phenoxy) is 1. The number of amides is 2. The largest absolute Gasteiger partial charge is 0.481 e. The molecule has 0 aliphatic rings. The summed E-state index contributed by atoms with van der Waals surface area (Å²) in [5.74, 6) is -1.24. The van der Waals surface area contributed by atoms with Crippen LogP contribution in [0, 0.1) is 26.6 Å². The molecule has 1 atom stereocenters. The number of fused-ring (bicyclic) bond motifs is 1. The molecule has 3 rings (SSSR count). The van der Waals surface area contributed by atoms with E-state index >= 15 is 0 Å². The van der Waals surface area contributed by atoms with Crippen LogP contribution in [-0.2, 0) is 4.79 Å². The predicted molar refractivity (Wildman–Crippen MR) is 103 cm³/mol. The van der Waals surface area contributed by atoms with Gasteiger partial charge in [0.15, 0.2) is 23.3 Å². The molecule has 2 aromatic carbocycles. The second-order valence-electron chi connectivity index (χ2n) is 6.57. The van der Waals surface area contributed by atoms with E-state index in [4.69, 9.17) is 9.15 Å². The van der Waals surface area contributed by atoms with Gasteiger partial charge in [-0.05, 0) is 51.0 Å². The van der Waals surface area contributed by atoms with E-state index in [0.717, 1.165) is 11.1 Å². The lowest BCUT2D eigenvalue weighted by Crippen LogP contribution is -2.47. The van der Waals surface area contributed by atoms with Crippen molar-refractivity contribution in [3.05, 3.63) is 64.7 Å². The van der Waals surface area contributed by atoms with E-state index in [1.807, 2.05) is 26.0 Å². The number of halogens is 1. The van der Waals surface area contributed by atoms with E-state index in [1.54, 1.807) is 26.0 Å². The molecule has 1 heterocycles. The van der Waals surface area contributed by atoms with Crippen molar-refractivity contribution in [1.82, 2.24) is 10.9 Å². The Morgan fingerprint density at radius 2 is 1.75 bits per heavy atom. The lowest BCUT2D eigenvalue weighted by atomic mass is 10.1. The molecular weight excluding hydrogens is 363 g/mol. The molecule has 6 nitrogen and oxygen atoms in total. The maximum atomic E-state index is 13.8. The van der Waals surface area contributed by atoms with Crippen molar-refractivity contribution in [3.63, 3.8) is 0 Å². The van der Waals surface area contributed by atoms with Gasteiger partial charge >= 0.3 is 5.91 Å². The van der Waals surface area contributed by atoms with Gasteiger partial charge in [-0.1, -0.05) is 24.3 Å². The third-order valence-electron chi connectivity index (χ3n) is 4.65. The Kier molecular flexibility index (Phi) is 5.35. The molecule has 0 fully saturated rings. The highest BCUT2D eigenvalue weighted by molar-refractivity contribution is 5.99. The van der Waals surface area contributed by atoms with E-state index in [2.05, 4.69) is 10.9 Å². The topological polar surface area (TPSA) is 80.6 Å². The first-order chi connectivity index (χ1) is 13.3. The Labute approximate surface area is 161 Å². The Hall–Kier alpha value is -3.35. The van der Waals surface area contributed by atoms with Gasteiger partial charge in [-0.25, -0.2) is 4.39 Å². The van der Waals surface area contributed by atoms with Crippen molar-refractivity contribution in [2.75, 3.05) is 0 Å². The maximum absolute atomic E-state index is 13.8. The van der Waals surface area contributed by atoms with Crippen molar-refractivity contribution in [1.29, 1.82) is 0 Å². The molecule has 3 aromatic rings. The lowest BCUT2D eigenvalue weighted by Gasteiger charge is -2.17. The van der Waals surface area contributed by atoms with Crippen LogP contribution < -0.4 is 15.6 Å². The summed E-state index contributed by atoms with van der Waals surface area (Å²) in [5.41, 5.74) is 7.06. The third kappa shape index (κ3) is 3.69. The van der Waals surface area contributed by atoms with E-state index in [-0.39, 0.29) is 11.3 Å². The number of hydrazine groups is 1. The first kappa shape index (κ1) is 19.4. The van der Waals surface area contributed by atoms with Gasteiger partial charge in [0.2, 0.25) is 0 Å². The molecule has 2 N–H and O–H groups in total. The molecule has 1 aromatic heterocycles. The Morgan fingerprint density at radius 3 is 2.46 bits per heavy atom. The molecular formula is C21H21FN2O4. The zero-order valence-electron chi connectivity index (χ0n) is 16.1. The highest BCUT2D eigenvalue weighted by Gasteiger charge is 2.21. The van der Waals surface area contributed by atoms with Crippen LogP contribution in [0.2, 0.25) is 0 Å². The monoisotopic (exact) mass is 384 g/mol. The SMILES string of the molecule is Cc1cccc(O[C@H](C)C(=O)NNC(=O)c2oc3c(F)cccc3c2C)c1C. The lowest BCUT2D eigenvalue weighted by molar-refractivity contribution is -0.128. The van der Waals surface area contributed by atoms with Crippen LogP contribution in [0.25, 0.3) is 11.0 Å². The zero-order chi connectivity index (χ0) is 20.4. The highest BCUT2D eigenvalue weighted by atomic mass is 19.1. The van der Waals surface area contributed by atoms with Gasteiger partial charge in [0.05, 0.1) is 0 Å². The average molecular weight is 384 g/mol. The first-order valence-electron chi connectivity index (χ1n) is 8.80. The van der Waals surface area contributed by atoms with E-state index in [9.17, 15) is 14.0 Å². The third-order valence-corrected chi connectivity index (χ3v) is 4.65. The molecule has 146 valence electrons. The number of hydrogen-bond acceptors (Lipinski definition) is 4. The first-order valence-corrected chi connectivity index (χ1v) is 8.80. The number of carbonyl (C=O) groups is 2. The molecule has 0 saturated heterocycles. The van der Waals surface area contributed by atoms with Crippen molar-refractivity contribution in [2.24, 2.45) is 0 Å². The molecule has 0 spiro atoms. The molecule has 0 aliphatic heterocycles. The molecule has 28 heavy (non-hydrogen) atoms. The summed E-state index contributed by atoms with van der Waals surface area (Å²) >= 11 is 0. The van der Waals surface area contributed by atoms with Gasteiger partial charge in [-0.15, -0.1) is 0 Å². The van der Waals surface area contributed by atoms with E-state index in [1.165, 1.54) is 12.1 Å². The minimum atomic E-state index is -0.838. The second-order valence-corrected chi connectivity index (χ2v) is 6.57. The van der Waals surface area contributed by atoms with Gasteiger partial charge in [0, 0.05) is 10.9 Å². The van der Waals surface area contributed by atoms with Crippen LogP contribution in [0.5, 0.6) is 5.75 Å². The molecule has 0 bridgehead atoms. The molecule has 7 heteroatoms. The van der Waals surface area contributed by atoms with Crippen molar-refractivity contribution < 1.29 is 23.1 Å². The molecule has 0 unspecified atom stereocenters. The van der Waals surface area contributed by atoms with E-state index < -0.39 is 23.7 Å². The minimum absolute atomic E-state index is 0.00287. The van der Waals surface area contributed by atoms with Crippen LogP contribution in [0.1, 0.15) is 34.2 Å². The quantitative estimate of drug-likeness (QED) is 0.672. The summed E-state index contributed by atoms with van der Waals surface area (Å²) in [6, 6.07) is 10.0. The minimum Gasteiger partial charge on any atom is -0.481 e. The van der Waals surface area contributed by atoms with E-state index in [0.29, 0.717) is 16.7 Å². The number of carbonyl (C=O) groups excluding carboxylic acids is 2. The standard InChI is InChI=1S/C21H21FN2O4/c1-11-7-5-10-17(12(11)2)27-14(4)20(25)23-24-21(26)18-13(3)15-8-6-9-16(22)19(15)28-18/h5-10,14H,1-4H3,(H,23,25)(H,24,26)/t14-/m1/s1. The number of benzene rings is 2. The van der Waals surface area contributed by atoms with Crippen molar-refractivity contribution in [3.8, 4) is 5.75 Å². The second kappa shape index (κ2) is 7.72. The highest BCUT2D eigenvalue weighted by Crippen LogP contribution is 2.27. The summed E-state index contributed by atoms with van der Waals surface area (Å²) in [5, 5.41) is 0.503. The normalized spacial score (nSPS) is 11.9. The summed E-state index contributed by atoms with van der Waals surface area (Å²) in [6.45, 7) is 7.07. The number of para-hydroxylation sites is 1. The fraction of sp³-hybridized carbons (Fsp3) is 0.238. The number of aryl methyl sites for hydroxylation is 2. The van der Waals surface area contributed by atoms with Crippen LogP contribution >= 0.6 is 0 Å². The fourth-order valence-electron chi connectivity index (χ4n) is 2.80. The number of hydrogen-bond donors (Lipinski definition) is 2. The van der Waals surface area contributed by atoms with Gasteiger partial charge in [0.25, 0.3) is 5.91 Å². The van der Waals surface area contributed by atoms with Crippen LogP contribution in [0.15, 0.2) is 40.8 Å². The van der Waals surface area contributed by atoms with Gasteiger partial charge in [-0.3, -0.25) is 20.4 Å². The van der Waals surface area contributed by atoms with Crippen molar-refractivity contribution >= 4 is 22.8 Å². The fourth-order valence-corrected chi connectivity index (χ4v) is 2.80. The van der Waals surface area contributed by atoms with Crippen LogP contribution in [-0.4, -0.2) is 17.9 Å². The number of furan rings is 1. The number of nitrogens with one attached hydrogen (secondary N) is 2. The smallest absolute Gasteiger partial charge is 0.305 e. The molecule has 2 amide bonds. The molecule has 0 saturated carbocycles. The Bertz CT molecular complexity index is 1060. The van der Waals surface area contributed by atoms with Crippen LogP contribution in [0.3, 0.4) is 0 Å². The summed E-state index contributed by atoms with van der Waals surface area (Å²) in [7, 11) is 0. The van der Waals surface area contributed by atoms with Crippen LogP contribution in [0.4, 0.5) is 4.39 Å². The predicted octanol–water partition coefficient (Wildman–Crippen LogP) is 3.73. The summed E-state index contributed by atoms with van der Waals surface area (Å²) in [4.78, 5) is 24.6. The van der Waals surface area contributed by atoms with Gasteiger partial charge < -0.3 is 9.15 Å². The number of rotatable bonds is 4. The summed E-state index contributed by atoms with van der Waals surface area (Å²) in [6.07, 6.45) is -0.838. The average Bonchev–Trinajstić information content (AvgIpc) is 3.01. The van der Waals surface area contributed by atoms with Crippen molar-refractivity contribution in [2.45, 2.75) is 33.8 Å². The zero-order valence-corrected chi connectivity index (χ0v) is 16.1. The Balaban J connectivity index is 1.66. The molecule has 0 aliphatic carbocycles. The maximum Gasteiger partial charge on any atom is 0.305 e. The van der Waals surface area contributed by atoms with Gasteiger partial charge in [0.1, 0.15) is 5.75 Å². The molecule has 0 radical (unpaired) electrons. The van der Waals surface area contributed by atoms with Gasteiger partial charge in [-0.2, -0.15) is 0 Å². The summed E-state index contributed by atoms with van der Waals surface area (Å²) < 4.78 is 24.8.